The third-order valence-corrected chi connectivity index (χ3v) is 6.71. The largest absolute Gasteiger partial charge is 0.497 e. The molecule has 2 aliphatic rings. The number of methoxy groups -OCH3 is 2. The predicted molar refractivity (Wildman–Crippen MR) is 126 cm³/mol. The molecule has 0 bridgehead atoms. The van der Waals surface area contributed by atoms with Gasteiger partial charge in [-0.05, 0) is 32.3 Å². The Morgan fingerprint density at radius 2 is 1.82 bits per heavy atom. The van der Waals surface area contributed by atoms with Gasteiger partial charge in [-0.25, -0.2) is 14.8 Å². The molecule has 2 atom stereocenters. The maximum absolute atomic E-state index is 13.5. The van der Waals surface area contributed by atoms with Crippen LogP contribution in [0.5, 0.6) is 0 Å². The third-order valence-electron chi connectivity index (χ3n) is 6.71. The van der Waals surface area contributed by atoms with Crippen molar-refractivity contribution in [3.8, 4) is 0 Å². The maximum Gasteiger partial charge on any atom is 0.416 e. The van der Waals surface area contributed by atoms with E-state index in [0.29, 0.717) is 25.0 Å². The summed E-state index contributed by atoms with van der Waals surface area (Å²) >= 11 is 0. The lowest BCUT2D eigenvalue weighted by molar-refractivity contribution is -0.168. The summed E-state index contributed by atoms with van der Waals surface area (Å²) in [5.41, 5.74) is 0.0943. The Labute approximate surface area is 203 Å². The van der Waals surface area contributed by atoms with Gasteiger partial charge in [0, 0.05) is 26.2 Å². The molecule has 0 spiro atoms. The molecule has 9 nitrogen and oxygen atoms in total. The van der Waals surface area contributed by atoms with Gasteiger partial charge >= 0.3 is 6.09 Å². The highest BCUT2D eigenvalue weighted by atomic mass is 16.7. The molecule has 1 aliphatic heterocycles. The number of unbranched alkanes of at least 4 members (excludes halogenated alkanes) is 5. The number of carbonyl (C=O) groups excluding carboxylic acids is 3. The Hall–Kier alpha value is -2.39. The normalized spacial score (nSPS) is 21.0. The van der Waals surface area contributed by atoms with Crippen molar-refractivity contribution in [2.45, 2.75) is 70.3 Å². The predicted octanol–water partition coefficient (Wildman–Crippen LogP) is 3.99. The first-order chi connectivity index (χ1) is 16.3. The van der Waals surface area contributed by atoms with E-state index in [0.717, 1.165) is 44.1 Å². The first-order valence-corrected chi connectivity index (χ1v) is 12.1. The van der Waals surface area contributed by atoms with E-state index in [1.807, 2.05) is 19.1 Å². The van der Waals surface area contributed by atoms with Gasteiger partial charge in [-0.15, -0.1) is 0 Å². The second-order valence-electron chi connectivity index (χ2n) is 8.91. The highest BCUT2D eigenvalue weighted by Gasteiger charge is 2.44. The number of amides is 3. The lowest BCUT2D eigenvalue weighted by Crippen LogP contribution is -2.44. The SMILES string of the molecule is COC1=C(C(CCCCCCCCC(=O)N(C)OC)C(=O)N2CCOC2=O)C(C)(OC)CC=C1. The van der Waals surface area contributed by atoms with E-state index in [1.54, 1.807) is 21.3 Å². The minimum Gasteiger partial charge on any atom is -0.497 e. The molecular formula is C25H40N2O7. The average Bonchev–Trinajstić information content (AvgIpc) is 3.28. The van der Waals surface area contributed by atoms with E-state index in [1.165, 1.54) is 17.1 Å². The molecule has 0 N–H and O–H groups in total. The van der Waals surface area contributed by atoms with Gasteiger partial charge in [-0.1, -0.05) is 38.2 Å². The topological polar surface area (TPSA) is 94.6 Å². The van der Waals surface area contributed by atoms with Crippen molar-refractivity contribution in [3.05, 3.63) is 23.5 Å². The number of allylic oxidation sites excluding steroid dienone is 1. The van der Waals surface area contributed by atoms with Gasteiger partial charge in [0.05, 0.1) is 32.3 Å². The molecule has 3 amide bonds. The number of hydroxylamine groups is 2. The lowest BCUT2D eigenvalue weighted by Gasteiger charge is -2.38. The van der Waals surface area contributed by atoms with Gasteiger partial charge in [-0.3, -0.25) is 14.4 Å². The number of ether oxygens (including phenoxy) is 3. The molecule has 2 rings (SSSR count). The zero-order valence-corrected chi connectivity index (χ0v) is 21.3. The van der Waals surface area contributed by atoms with Gasteiger partial charge in [0.25, 0.3) is 0 Å². The molecule has 34 heavy (non-hydrogen) atoms. The highest BCUT2D eigenvalue weighted by Crippen LogP contribution is 2.40. The molecule has 192 valence electrons. The Balaban J connectivity index is 1.98. The Kier molecular flexibility index (Phi) is 11.0. The number of hydrogen-bond acceptors (Lipinski definition) is 7. The summed E-state index contributed by atoms with van der Waals surface area (Å²) in [6.07, 6.45) is 10.6. The fourth-order valence-corrected chi connectivity index (χ4v) is 4.53. The van der Waals surface area contributed by atoms with Crippen molar-refractivity contribution in [2.24, 2.45) is 5.92 Å². The van der Waals surface area contributed by atoms with Gasteiger partial charge < -0.3 is 14.2 Å². The Morgan fingerprint density at radius 3 is 2.41 bits per heavy atom. The fraction of sp³-hybridized carbons (Fsp3) is 0.720. The summed E-state index contributed by atoms with van der Waals surface area (Å²) in [5, 5.41) is 1.25. The zero-order valence-electron chi connectivity index (χ0n) is 21.3. The number of rotatable bonds is 14. The molecule has 0 aromatic rings. The van der Waals surface area contributed by atoms with Crippen molar-refractivity contribution < 1.29 is 33.4 Å². The molecule has 1 fully saturated rings. The van der Waals surface area contributed by atoms with Gasteiger partial charge in [0.15, 0.2) is 0 Å². The molecule has 0 aromatic carbocycles. The van der Waals surface area contributed by atoms with Gasteiger partial charge in [-0.2, -0.15) is 0 Å². The number of hydrogen-bond donors (Lipinski definition) is 0. The molecule has 1 heterocycles. The monoisotopic (exact) mass is 480 g/mol. The van der Waals surface area contributed by atoms with Crippen molar-refractivity contribution in [1.29, 1.82) is 0 Å². The summed E-state index contributed by atoms with van der Waals surface area (Å²) in [6.45, 7) is 2.44. The summed E-state index contributed by atoms with van der Waals surface area (Å²) in [4.78, 5) is 43.5. The van der Waals surface area contributed by atoms with Gasteiger partial charge in [0.1, 0.15) is 12.4 Å². The van der Waals surface area contributed by atoms with Crippen LogP contribution in [0.25, 0.3) is 0 Å². The number of imide groups is 1. The molecule has 1 saturated heterocycles. The molecule has 2 unspecified atom stereocenters. The fourth-order valence-electron chi connectivity index (χ4n) is 4.53. The quantitative estimate of drug-likeness (QED) is 0.274. The van der Waals surface area contributed by atoms with Crippen molar-refractivity contribution in [1.82, 2.24) is 9.96 Å². The number of carbonyl (C=O) groups is 3. The van der Waals surface area contributed by atoms with E-state index in [-0.39, 0.29) is 25.0 Å². The van der Waals surface area contributed by atoms with Crippen LogP contribution in [-0.4, -0.2) is 75.0 Å². The van der Waals surface area contributed by atoms with Crippen LogP contribution in [0, 0.1) is 5.92 Å². The van der Waals surface area contributed by atoms with Crippen LogP contribution in [0.2, 0.25) is 0 Å². The van der Waals surface area contributed by atoms with Crippen LogP contribution in [0.1, 0.15) is 64.7 Å². The molecule has 0 aromatic heterocycles. The zero-order chi connectivity index (χ0) is 25.1. The summed E-state index contributed by atoms with van der Waals surface area (Å²) < 4.78 is 16.5. The summed E-state index contributed by atoms with van der Waals surface area (Å²) in [5.74, 6) is -0.189. The van der Waals surface area contributed by atoms with Crippen molar-refractivity contribution in [2.75, 3.05) is 41.5 Å². The van der Waals surface area contributed by atoms with E-state index in [9.17, 15) is 14.4 Å². The summed E-state index contributed by atoms with van der Waals surface area (Å²) in [7, 11) is 6.31. The van der Waals surface area contributed by atoms with Crippen LogP contribution in [0.15, 0.2) is 23.5 Å². The van der Waals surface area contributed by atoms with Crippen LogP contribution in [-0.2, 0) is 28.6 Å². The Bertz CT molecular complexity index is 779. The van der Waals surface area contributed by atoms with E-state index in [4.69, 9.17) is 19.0 Å². The Morgan fingerprint density at radius 1 is 1.15 bits per heavy atom. The first kappa shape index (κ1) is 27.9. The average molecular weight is 481 g/mol. The molecule has 0 radical (unpaired) electrons. The maximum atomic E-state index is 13.5. The number of cyclic esters (lactones) is 1. The van der Waals surface area contributed by atoms with Crippen LogP contribution in [0.4, 0.5) is 4.79 Å². The first-order valence-electron chi connectivity index (χ1n) is 12.1. The molecule has 1 aliphatic carbocycles. The van der Waals surface area contributed by atoms with Gasteiger partial charge in [0.2, 0.25) is 11.8 Å². The standard InChI is InChI=1S/C25H40N2O7/c1-25(32-4)16-12-14-20(31-3)22(25)19(23(29)27-17-18-34-24(27)30)13-10-8-6-7-9-11-15-21(28)26(2)33-5/h12,14,19H,6-11,13,15-18H2,1-5H3. The molecule has 0 saturated carbocycles. The highest BCUT2D eigenvalue weighted by molar-refractivity contribution is 5.95. The minimum absolute atomic E-state index is 0.0192. The van der Waals surface area contributed by atoms with Crippen LogP contribution < -0.4 is 0 Å². The van der Waals surface area contributed by atoms with Crippen LogP contribution >= 0.6 is 0 Å². The minimum atomic E-state index is -0.689. The lowest BCUT2D eigenvalue weighted by atomic mass is 9.76. The summed E-state index contributed by atoms with van der Waals surface area (Å²) in [6, 6.07) is 0. The van der Waals surface area contributed by atoms with Crippen molar-refractivity contribution >= 4 is 17.9 Å². The second kappa shape index (κ2) is 13.5. The van der Waals surface area contributed by atoms with E-state index in [2.05, 4.69) is 0 Å². The van der Waals surface area contributed by atoms with Crippen molar-refractivity contribution in [3.63, 3.8) is 0 Å². The number of nitrogens with zero attached hydrogens (tertiary/aromatic N) is 2. The second-order valence-corrected chi connectivity index (χ2v) is 8.91. The van der Waals surface area contributed by atoms with E-state index >= 15 is 0 Å². The molecule has 9 heteroatoms. The molecular weight excluding hydrogens is 440 g/mol. The smallest absolute Gasteiger partial charge is 0.416 e. The van der Waals surface area contributed by atoms with Crippen LogP contribution in [0.3, 0.4) is 0 Å². The van der Waals surface area contributed by atoms with E-state index < -0.39 is 17.6 Å². The third kappa shape index (κ3) is 7.06.